The maximum absolute atomic E-state index is 5.62. The monoisotopic (exact) mass is 366 g/mol. The average molecular weight is 367 g/mol. The molecule has 0 radical (unpaired) electrons. The summed E-state index contributed by atoms with van der Waals surface area (Å²) in [5.41, 5.74) is 0. The Morgan fingerprint density at radius 2 is 0.680 bits per heavy atom. The van der Waals surface area contributed by atoms with Gasteiger partial charge < -0.3 is 33.3 Å². The summed E-state index contributed by atoms with van der Waals surface area (Å²) in [6.07, 6.45) is 0. The van der Waals surface area contributed by atoms with Crippen molar-refractivity contribution in [3.8, 4) is 0 Å². The van der Waals surface area contributed by atoms with Crippen LogP contribution in [0.1, 0.15) is 20.8 Å². The number of nitrogens with one attached hydrogen (secondary N) is 1. The highest BCUT2D eigenvalue weighted by Crippen LogP contribution is 1.79. The molecule has 0 unspecified atom stereocenters. The predicted octanol–water partition coefficient (Wildman–Crippen LogP) is 0.0306. The molecular weight excluding hydrogens is 326 g/mol. The third kappa shape index (κ3) is 19.9. The summed E-state index contributed by atoms with van der Waals surface area (Å²) in [7, 11) is 0. The summed E-state index contributed by atoms with van der Waals surface area (Å²) in [4.78, 5) is 1.42. The average Bonchev–Trinajstić information content (AvgIpc) is 2.63. The molecule has 0 spiro atoms. The summed E-state index contributed by atoms with van der Waals surface area (Å²) in [5.74, 6) is 0. The second kappa shape index (κ2) is 21.8. The van der Waals surface area contributed by atoms with E-state index in [4.69, 9.17) is 28.4 Å². The lowest BCUT2D eigenvalue weighted by molar-refractivity contribution is -0.901. The first-order valence-corrected chi connectivity index (χ1v) is 9.65. The van der Waals surface area contributed by atoms with Crippen LogP contribution in [-0.2, 0) is 28.4 Å². The Kier molecular flexibility index (Phi) is 21.5. The Morgan fingerprint density at radius 3 is 0.960 bits per heavy atom. The van der Waals surface area contributed by atoms with E-state index in [0.29, 0.717) is 39.6 Å². The summed E-state index contributed by atoms with van der Waals surface area (Å²) < 4.78 is 32.7. The molecule has 0 aromatic carbocycles. The van der Waals surface area contributed by atoms with Crippen LogP contribution >= 0.6 is 0 Å². The van der Waals surface area contributed by atoms with Crippen molar-refractivity contribution in [2.75, 3.05) is 98.9 Å². The first-order valence-electron chi connectivity index (χ1n) is 9.65. The zero-order chi connectivity index (χ0) is 18.4. The van der Waals surface area contributed by atoms with Crippen molar-refractivity contribution in [2.24, 2.45) is 0 Å². The minimum absolute atomic E-state index is 0.650. The van der Waals surface area contributed by atoms with Gasteiger partial charge in [0.2, 0.25) is 0 Å². The molecule has 0 fully saturated rings. The van der Waals surface area contributed by atoms with Crippen molar-refractivity contribution in [3.63, 3.8) is 0 Å². The van der Waals surface area contributed by atoms with E-state index in [-0.39, 0.29) is 0 Å². The van der Waals surface area contributed by atoms with E-state index in [0.717, 1.165) is 59.3 Å². The van der Waals surface area contributed by atoms with Gasteiger partial charge >= 0.3 is 0 Å². The molecule has 0 aromatic heterocycles. The molecule has 0 bridgehead atoms. The highest BCUT2D eigenvalue weighted by molar-refractivity contribution is 4.37. The van der Waals surface area contributed by atoms with Gasteiger partial charge in [0.15, 0.2) is 0 Å². The third-order valence-corrected chi connectivity index (χ3v) is 3.53. The Labute approximate surface area is 153 Å². The van der Waals surface area contributed by atoms with Crippen LogP contribution in [0.5, 0.6) is 0 Å². The van der Waals surface area contributed by atoms with Crippen molar-refractivity contribution in [2.45, 2.75) is 20.8 Å². The topological polar surface area (TPSA) is 59.8 Å². The molecule has 0 rings (SSSR count). The zero-order valence-corrected chi connectivity index (χ0v) is 16.6. The SMILES string of the molecule is CCOCCOCC[NH+](CCOCCOCC)CCOCCOCC. The van der Waals surface area contributed by atoms with Gasteiger partial charge in [-0.1, -0.05) is 0 Å². The number of quaternary nitrogens is 1. The van der Waals surface area contributed by atoms with Gasteiger partial charge in [-0.2, -0.15) is 0 Å². The van der Waals surface area contributed by atoms with E-state index in [1.807, 2.05) is 20.8 Å². The molecule has 152 valence electrons. The molecule has 0 aliphatic rings. The van der Waals surface area contributed by atoms with E-state index in [1.165, 1.54) is 4.90 Å². The van der Waals surface area contributed by atoms with E-state index in [2.05, 4.69) is 0 Å². The summed E-state index contributed by atoms with van der Waals surface area (Å²) >= 11 is 0. The van der Waals surface area contributed by atoms with Gasteiger partial charge in [0.05, 0.1) is 59.5 Å². The van der Waals surface area contributed by atoms with Crippen LogP contribution in [0.15, 0.2) is 0 Å². The summed E-state index contributed by atoms with van der Waals surface area (Å²) in [6.45, 7) is 17.1. The lowest BCUT2D eigenvalue weighted by Crippen LogP contribution is -3.13. The van der Waals surface area contributed by atoms with Crippen LogP contribution in [0.25, 0.3) is 0 Å². The Hall–Kier alpha value is -0.280. The lowest BCUT2D eigenvalue weighted by Gasteiger charge is -2.19. The molecular formula is C18H40NO6+. The number of rotatable bonds is 21. The van der Waals surface area contributed by atoms with Crippen molar-refractivity contribution >= 4 is 0 Å². The lowest BCUT2D eigenvalue weighted by atomic mass is 10.4. The smallest absolute Gasteiger partial charge is 0.101 e. The highest BCUT2D eigenvalue weighted by Gasteiger charge is 2.08. The van der Waals surface area contributed by atoms with Gasteiger partial charge in [0.25, 0.3) is 0 Å². The second-order valence-corrected chi connectivity index (χ2v) is 5.43. The third-order valence-electron chi connectivity index (χ3n) is 3.53. The van der Waals surface area contributed by atoms with Crippen molar-refractivity contribution in [3.05, 3.63) is 0 Å². The molecule has 1 N–H and O–H groups in total. The Bertz CT molecular complexity index is 208. The van der Waals surface area contributed by atoms with Gasteiger partial charge in [0, 0.05) is 19.8 Å². The van der Waals surface area contributed by atoms with Crippen LogP contribution < -0.4 is 4.90 Å². The quantitative estimate of drug-likeness (QED) is 0.289. The van der Waals surface area contributed by atoms with Crippen molar-refractivity contribution in [1.82, 2.24) is 0 Å². The molecule has 0 saturated carbocycles. The van der Waals surface area contributed by atoms with Crippen LogP contribution in [-0.4, -0.2) is 98.9 Å². The van der Waals surface area contributed by atoms with E-state index >= 15 is 0 Å². The van der Waals surface area contributed by atoms with Crippen LogP contribution in [0.3, 0.4) is 0 Å². The molecule has 7 nitrogen and oxygen atoms in total. The summed E-state index contributed by atoms with van der Waals surface area (Å²) in [5, 5.41) is 0. The molecule has 7 heteroatoms. The van der Waals surface area contributed by atoms with Crippen LogP contribution in [0.2, 0.25) is 0 Å². The maximum Gasteiger partial charge on any atom is 0.101 e. The fourth-order valence-electron chi connectivity index (χ4n) is 2.12. The minimum atomic E-state index is 0.650. The number of hydrogen-bond donors (Lipinski definition) is 1. The van der Waals surface area contributed by atoms with Crippen LogP contribution in [0, 0.1) is 0 Å². The fraction of sp³-hybridized carbons (Fsp3) is 1.00. The molecule has 0 saturated heterocycles. The maximum atomic E-state index is 5.62. The molecule has 0 aromatic rings. The number of hydrogen-bond acceptors (Lipinski definition) is 6. The first-order chi connectivity index (χ1) is 12.3. The van der Waals surface area contributed by atoms with Gasteiger partial charge in [-0.15, -0.1) is 0 Å². The molecule has 0 atom stereocenters. The molecule has 0 aliphatic heterocycles. The van der Waals surface area contributed by atoms with E-state index in [1.54, 1.807) is 0 Å². The minimum Gasteiger partial charge on any atom is -0.379 e. The molecule has 25 heavy (non-hydrogen) atoms. The van der Waals surface area contributed by atoms with Gasteiger partial charge in [0.1, 0.15) is 19.6 Å². The predicted molar refractivity (Wildman–Crippen MR) is 97.5 cm³/mol. The summed E-state index contributed by atoms with van der Waals surface area (Å²) in [6, 6.07) is 0. The zero-order valence-electron chi connectivity index (χ0n) is 16.6. The van der Waals surface area contributed by atoms with E-state index in [9.17, 15) is 0 Å². The van der Waals surface area contributed by atoms with Crippen LogP contribution in [0.4, 0.5) is 0 Å². The largest absolute Gasteiger partial charge is 0.379 e. The molecule has 0 aliphatic carbocycles. The highest BCUT2D eigenvalue weighted by atomic mass is 16.5. The fourth-order valence-corrected chi connectivity index (χ4v) is 2.12. The first kappa shape index (κ1) is 24.7. The Balaban J connectivity index is 3.76. The Morgan fingerprint density at radius 1 is 0.400 bits per heavy atom. The van der Waals surface area contributed by atoms with E-state index < -0.39 is 0 Å². The van der Waals surface area contributed by atoms with Gasteiger partial charge in [-0.25, -0.2) is 0 Å². The number of ether oxygens (including phenoxy) is 6. The molecule has 0 amide bonds. The van der Waals surface area contributed by atoms with Gasteiger partial charge in [-0.3, -0.25) is 0 Å². The molecule has 0 heterocycles. The van der Waals surface area contributed by atoms with Crippen molar-refractivity contribution < 1.29 is 33.3 Å². The standard InChI is InChI=1S/C18H39NO6/c1-4-20-13-16-23-10-7-19(8-11-24-17-14-21-5-2)9-12-25-18-15-22-6-3/h4-18H2,1-3H3/p+1. The second-order valence-electron chi connectivity index (χ2n) is 5.43. The van der Waals surface area contributed by atoms with Gasteiger partial charge in [-0.05, 0) is 20.8 Å². The van der Waals surface area contributed by atoms with Crippen molar-refractivity contribution in [1.29, 1.82) is 0 Å². The normalized spacial score (nSPS) is 11.5.